The minimum atomic E-state index is -0.0882. The van der Waals surface area contributed by atoms with Crippen molar-refractivity contribution in [1.29, 1.82) is 0 Å². The fourth-order valence-electron chi connectivity index (χ4n) is 4.10. The number of halogens is 1. The normalized spacial score (nSPS) is 29.8. The van der Waals surface area contributed by atoms with Gasteiger partial charge in [0, 0.05) is 37.3 Å². The number of nitrogens with zero attached hydrogens (tertiary/aromatic N) is 1. The number of hydrogen-bond donors (Lipinski definition) is 1. The van der Waals surface area contributed by atoms with E-state index in [1.165, 1.54) is 32.4 Å². The Morgan fingerprint density at radius 2 is 1.86 bits per heavy atom. The Kier molecular flexibility index (Phi) is 4.60. The molecule has 0 amide bonds. The number of nitrogens with one attached hydrogen (secondary N) is 1. The minimum Gasteiger partial charge on any atom is -0.309 e. The molecule has 1 aliphatic carbocycles. The van der Waals surface area contributed by atoms with Gasteiger partial charge in [0.05, 0.1) is 0 Å². The average molecular weight is 290 g/mol. The molecule has 2 bridgehead atoms. The Morgan fingerprint density at radius 3 is 2.48 bits per heavy atom. The molecule has 2 atom stereocenters. The molecule has 0 spiro atoms. The van der Waals surface area contributed by atoms with Gasteiger partial charge in [0.25, 0.3) is 0 Å². The van der Waals surface area contributed by atoms with Crippen molar-refractivity contribution in [2.75, 3.05) is 13.1 Å². The molecule has 1 N–H and O–H groups in total. The molecular weight excluding hydrogens is 263 g/mol. The molecule has 116 valence electrons. The third-order valence-corrected chi connectivity index (χ3v) is 5.32. The van der Waals surface area contributed by atoms with Gasteiger partial charge in [-0.2, -0.15) is 0 Å². The van der Waals surface area contributed by atoms with Crippen molar-refractivity contribution in [3.05, 3.63) is 35.6 Å². The first-order valence-electron chi connectivity index (χ1n) is 8.36. The fourth-order valence-corrected chi connectivity index (χ4v) is 4.10. The summed E-state index contributed by atoms with van der Waals surface area (Å²) in [6, 6.07) is 8.33. The maximum absolute atomic E-state index is 13.8. The summed E-state index contributed by atoms with van der Waals surface area (Å²) < 4.78 is 13.8. The van der Waals surface area contributed by atoms with Crippen molar-refractivity contribution in [1.82, 2.24) is 10.2 Å². The van der Waals surface area contributed by atoms with Gasteiger partial charge in [-0.05, 0) is 44.6 Å². The predicted octanol–water partition coefficient (Wildman–Crippen LogP) is 3.42. The molecule has 2 nitrogen and oxygen atoms in total. The van der Waals surface area contributed by atoms with Crippen molar-refractivity contribution in [2.24, 2.45) is 11.8 Å². The van der Waals surface area contributed by atoms with Crippen molar-refractivity contribution >= 4 is 0 Å². The van der Waals surface area contributed by atoms with Crippen molar-refractivity contribution < 1.29 is 4.39 Å². The van der Waals surface area contributed by atoms with Crippen LogP contribution in [0, 0.1) is 17.7 Å². The number of likely N-dealkylation sites (tertiary alicyclic amines) is 1. The molecule has 3 heteroatoms. The van der Waals surface area contributed by atoms with Crippen LogP contribution in [0.4, 0.5) is 4.39 Å². The highest BCUT2D eigenvalue weighted by Gasteiger charge is 2.39. The van der Waals surface area contributed by atoms with E-state index in [-0.39, 0.29) is 5.82 Å². The molecule has 1 aromatic carbocycles. The van der Waals surface area contributed by atoms with Crippen molar-refractivity contribution in [3.63, 3.8) is 0 Å². The smallest absolute Gasteiger partial charge is 0.127 e. The molecule has 0 aromatic heterocycles. The van der Waals surface area contributed by atoms with E-state index in [0.29, 0.717) is 18.6 Å². The van der Waals surface area contributed by atoms with Gasteiger partial charge in [0.15, 0.2) is 0 Å². The number of fused-ring (bicyclic) bond motifs is 2. The summed E-state index contributed by atoms with van der Waals surface area (Å²) >= 11 is 0. The van der Waals surface area contributed by atoms with Gasteiger partial charge in [0.1, 0.15) is 5.82 Å². The lowest BCUT2D eigenvalue weighted by Gasteiger charge is -2.49. The Bertz CT molecular complexity index is 460. The van der Waals surface area contributed by atoms with Crippen LogP contribution in [0.1, 0.15) is 38.7 Å². The number of rotatable bonds is 4. The molecule has 1 heterocycles. The van der Waals surface area contributed by atoms with Crippen LogP contribution in [0.25, 0.3) is 0 Å². The molecule has 0 radical (unpaired) electrons. The van der Waals surface area contributed by atoms with Gasteiger partial charge >= 0.3 is 0 Å². The molecule has 2 unspecified atom stereocenters. The lowest BCUT2D eigenvalue weighted by Crippen LogP contribution is -2.58. The highest BCUT2D eigenvalue weighted by molar-refractivity contribution is 5.17. The number of benzene rings is 1. The zero-order chi connectivity index (χ0) is 14.8. The summed E-state index contributed by atoms with van der Waals surface area (Å²) in [6.07, 6.45) is 3.99. The van der Waals surface area contributed by atoms with Crippen LogP contribution in [-0.2, 0) is 6.54 Å². The van der Waals surface area contributed by atoms with Gasteiger partial charge < -0.3 is 10.2 Å². The van der Waals surface area contributed by atoms with E-state index in [4.69, 9.17) is 0 Å². The van der Waals surface area contributed by atoms with E-state index in [9.17, 15) is 4.39 Å². The largest absolute Gasteiger partial charge is 0.309 e. The molecule has 2 fully saturated rings. The molecule has 2 aliphatic rings. The topological polar surface area (TPSA) is 15.3 Å². The maximum Gasteiger partial charge on any atom is 0.127 e. The quantitative estimate of drug-likeness (QED) is 0.914. The second kappa shape index (κ2) is 6.45. The highest BCUT2D eigenvalue weighted by Crippen LogP contribution is 2.35. The Balaban J connectivity index is 1.64. The van der Waals surface area contributed by atoms with Gasteiger partial charge in [-0.1, -0.05) is 24.6 Å². The van der Waals surface area contributed by atoms with E-state index in [0.717, 1.165) is 17.4 Å². The summed E-state index contributed by atoms with van der Waals surface area (Å²) in [5, 5.41) is 3.67. The second-order valence-corrected chi connectivity index (χ2v) is 7.00. The van der Waals surface area contributed by atoms with Crippen LogP contribution in [0.3, 0.4) is 0 Å². The summed E-state index contributed by atoms with van der Waals surface area (Å²) in [6.45, 7) is 7.64. The molecular formula is C18H27FN2. The van der Waals surface area contributed by atoms with E-state index < -0.39 is 0 Å². The SMILES string of the molecule is CC(C)N1CC2CCCC(C1)C2NCc1ccccc1F. The molecule has 1 saturated carbocycles. The third kappa shape index (κ3) is 3.29. The fraction of sp³-hybridized carbons (Fsp3) is 0.667. The zero-order valence-electron chi connectivity index (χ0n) is 13.2. The highest BCUT2D eigenvalue weighted by atomic mass is 19.1. The number of piperidine rings is 1. The van der Waals surface area contributed by atoms with Gasteiger partial charge in [-0.15, -0.1) is 0 Å². The second-order valence-electron chi connectivity index (χ2n) is 7.00. The van der Waals surface area contributed by atoms with Gasteiger partial charge in [-0.25, -0.2) is 4.39 Å². The van der Waals surface area contributed by atoms with E-state index in [1.54, 1.807) is 12.1 Å². The van der Waals surface area contributed by atoms with Crippen LogP contribution < -0.4 is 5.32 Å². The number of hydrogen-bond acceptors (Lipinski definition) is 2. The predicted molar refractivity (Wildman–Crippen MR) is 84.6 cm³/mol. The van der Waals surface area contributed by atoms with E-state index in [1.807, 2.05) is 12.1 Å². The lowest BCUT2D eigenvalue weighted by atomic mass is 9.73. The summed E-state index contributed by atoms with van der Waals surface area (Å²) in [4.78, 5) is 2.62. The first-order chi connectivity index (χ1) is 10.1. The molecule has 1 aliphatic heterocycles. The first kappa shape index (κ1) is 15.0. The standard InChI is InChI=1S/C18H27FN2/c1-13(2)21-11-15-7-5-8-16(12-21)18(15)20-10-14-6-3-4-9-17(14)19/h3-4,6,9,13,15-16,18,20H,5,7-8,10-12H2,1-2H3. The van der Waals surface area contributed by atoms with Gasteiger partial charge in [-0.3, -0.25) is 0 Å². The summed E-state index contributed by atoms with van der Waals surface area (Å²) in [5.74, 6) is 1.37. The molecule has 1 aromatic rings. The Morgan fingerprint density at radius 1 is 1.19 bits per heavy atom. The zero-order valence-corrected chi connectivity index (χ0v) is 13.2. The van der Waals surface area contributed by atoms with Crippen LogP contribution in [0.5, 0.6) is 0 Å². The summed E-state index contributed by atoms with van der Waals surface area (Å²) in [7, 11) is 0. The van der Waals surface area contributed by atoms with Crippen molar-refractivity contribution in [3.8, 4) is 0 Å². The van der Waals surface area contributed by atoms with Crippen LogP contribution in [-0.4, -0.2) is 30.1 Å². The lowest BCUT2D eigenvalue weighted by molar-refractivity contribution is 0.0289. The maximum atomic E-state index is 13.8. The minimum absolute atomic E-state index is 0.0882. The Hall–Kier alpha value is -0.930. The van der Waals surface area contributed by atoms with Crippen LogP contribution in [0.15, 0.2) is 24.3 Å². The van der Waals surface area contributed by atoms with Crippen LogP contribution in [0.2, 0.25) is 0 Å². The molecule has 3 rings (SSSR count). The average Bonchev–Trinajstić information content (AvgIpc) is 2.45. The molecule has 1 saturated heterocycles. The summed E-state index contributed by atoms with van der Waals surface area (Å²) in [5.41, 5.74) is 0.793. The first-order valence-corrected chi connectivity index (χ1v) is 8.36. The van der Waals surface area contributed by atoms with Crippen molar-refractivity contribution in [2.45, 2.75) is 51.7 Å². The monoisotopic (exact) mass is 290 g/mol. The van der Waals surface area contributed by atoms with E-state index >= 15 is 0 Å². The Labute approximate surface area is 127 Å². The van der Waals surface area contributed by atoms with Gasteiger partial charge in [0.2, 0.25) is 0 Å². The molecule has 21 heavy (non-hydrogen) atoms. The third-order valence-electron chi connectivity index (χ3n) is 5.32. The van der Waals surface area contributed by atoms with E-state index in [2.05, 4.69) is 24.1 Å². The van der Waals surface area contributed by atoms with Crippen LogP contribution >= 0.6 is 0 Å².